The summed E-state index contributed by atoms with van der Waals surface area (Å²) in [6.45, 7) is -0.0538. The zero-order valence-corrected chi connectivity index (χ0v) is 8.46. The number of methoxy groups -OCH3 is 2. The van der Waals surface area contributed by atoms with Gasteiger partial charge < -0.3 is 15.2 Å². The molecule has 1 heterocycles. The Morgan fingerprint density at radius 2 is 2.07 bits per heavy atom. The molecule has 0 spiro atoms. The first kappa shape index (κ1) is 11.6. The molecule has 0 bridgehead atoms. The van der Waals surface area contributed by atoms with E-state index in [9.17, 15) is 8.78 Å². The lowest BCUT2D eigenvalue weighted by atomic mass is 10.1. The number of nitrogens with two attached hydrogens (primary N) is 1. The van der Waals surface area contributed by atoms with Crippen molar-refractivity contribution >= 4 is 0 Å². The Hall–Kier alpha value is -1.43. The van der Waals surface area contributed by atoms with Gasteiger partial charge in [-0.15, -0.1) is 0 Å². The molecule has 1 rings (SSSR count). The highest BCUT2D eigenvalue weighted by atomic mass is 19.3. The maximum absolute atomic E-state index is 12.6. The summed E-state index contributed by atoms with van der Waals surface area (Å²) >= 11 is 0. The molecule has 0 aliphatic heterocycles. The molecule has 2 N–H and O–H groups in total. The Morgan fingerprint density at radius 3 is 2.47 bits per heavy atom. The van der Waals surface area contributed by atoms with Crippen LogP contribution in [0, 0.1) is 0 Å². The van der Waals surface area contributed by atoms with Crippen LogP contribution in [0.4, 0.5) is 8.78 Å². The molecule has 0 saturated carbocycles. The molecule has 4 nitrogen and oxygen atoms in total. The van der Waals surface area contributed by atoms with Gasteiger partial charge in [0, 0.05) is 23.9 Å². The van der Waals surface area contributed by atoms with Crippen molar-refractivity contribution < 1.29 is 18.3 Å². The molecule has 0 atom stereocenters. The second-order valence-corrected chi connectivity index (χ2v) is 2.74. The third-order valence-corrected chi connectivity index (χ3v) is 1.97. The standard InChI is InChI=1S/C9H12F2N2O2/c1-14-7-5(3-12)6(8(10)11)4-13-9(7)15-2/h4,8H,3,12H2,1-2H3. The van der Waals surface area contributed by atoms with Crippen molar-refractivity contribution in [1.29, 1.82) is 0 Å². The molecule has 0 radical (unpaired) electrons. The number of hydrogen-bond acceptors (Lipinski definition) is 4. The van der Waals surface area contributed by atoms with Crippen molar-refractivity contribution in [2.24, 2.45) is 5.73 Å². The van der Waals surface area contributed by atoms with Crippen molar-refractivity contribution in [3.63, 3.8) is 0 Å². The third-order valence-electron chi connectivity index (χ3n) is 1.97. The lowest BCUT2D eigenvalue weighted by Gasteiger charge is -2.13. The second-order valence-electron chi connectivity index (χ2n) is 2.74. The van der Waals surface area contributed by atoms with Crippen LogP contribution in [-0.4, -0.2) is 19.2 Å². The average molecular weight is 218 g/mol. The Balaban J connectivity index is 3.34. The topological polar surface area (TPSA) is 57.4 Å². The molecule has 0 fully saturated rings. The lowest BCUT2D eigenvalue weighted by Crippen LogP contribution is -2.07. The summed E-state index contributed by atoms with van der Waals surface area (Å²) in [4.78, 5) is 3.72. The number of pyridine rings is 1. The van der Waals surface area contributed by atoms with E-state index in [1.165, 1.54) is 14.2 Å². The predicted molar refractivity (Wildman–Crippen MR) is 50.2 cm³/mol. The second kappa shape index (κ2) is 4.88. The third kappa shape index (κ3) is 2.15. The SMILES string of the molecule is COc1ncc(C(F)F)c(CN)c1OC. The number of halogens is 2. The summed E-state index contributed by atoms with van der Waals surface area (Å²) in [5.74, 6) is 0.320. The van der Waals surface area contributed by atoms with Gasteiger partial charge in [0.15, 0.2) is 5.75 Å². The molecular weight excluding hydrogens is 206 g/mol. The minimum atomic E-state index is -2.63. The molecule has 6 heteroatoms. The van der Waals surface area contributed by atoms with E-state index in [-0.39, 0.29) is 29.3 Å². The van der Waals surface area contributed by atoms with Crippen molar-refractivity contribution in [3.05, 3.63) is 17.3 Å². The molecule has 0 aromatic carbocycles. The van der Waals surface area contributed by atoms with Gasteiger partial charge >= 0.3 is 0 Å². The Morgan fingerprint density at radius 1 is 1.40 bits per heavy atom. The van der Waals surface area contributed by atoms with Crippen LogP contribution in [0.2, 0.25) is 0 Å². The van der Waals surface area contributed by atoms with E-state index in [0.717, 1.165) is 6.20 Å². The van der Waals surface area contributed by atoms with Gasteiger partial charge in [0.2, 0.25) is 0 Å². The van der Waals surface area contributed by atoms with Gasteiger partial charge in [-0.3, -0.25) is 0 Å². The fraction of sp³-hybridized carbons (Fsp3) is 0.444. The van der Waals surface area contributed by atoms with Gasteiger partial charge in [-0.05, 0) is 0 Å². The number of alkyl halides is 2. The Bertz CT molecular complexity index is 345. The summed E-state index contributed by atoms with van der Waals surface area (Å²) < 4.78 is 35.0. The van der Waals surface area contributed by atoms with Crippen LogP contribution >= 0.6 is 0 Å². The van der Waals surface area contributed by atoms with Crippen LogP contribution in [0.1, 0.15) is 17.6 Å². The molecule has 0 saturated heterocycles. The number of ether oxygens (including phenoxy) is 2. The average Bonchev–Trinajstić information content (AvgIpc) is 2.26. The van der Waals surface area contributed by atoms with Crippen LogP contribution in [0.5, 0.6) is 11.6 Å². The summed E-state index contributed by atoms with van der Waals surface area (Å²) in [6.07, 6.45) is -1.58. The number of aromatic nitrogens is 1. The van der Waals surface area contributed by atoms with Gasteiger partial charge in [-0.25, -0.2) is 13.8 Å². The van der Waals surface area contributed by atoms with Crippen LogP contribution in [0.25, 0.3) is 0 Å². The molecule has 1 aromatic rings. The van der Waals surface area contributed by atoms with E-state index >= 15 is 0 Å². The first-order chi connectivity index (χ1) is 7.15. The zero-order valence-electron chi connectivity index (χ0n) is 8.46. The Labute approximate surface area is 86.0 Å². The normalized spacial score (nSPS) is 10.5. The van der Waals surface area contributed by atoms with Crippen molar-refractivity contribution in [3.8, 4) is 11.6 Å². The highest BCUT2D eigenvalue weighted by Crippen LogP contribution is 2.34. The van der Waals surface area contributed by atoms with E-state index in [4.69, 9.17) is 15.2 Å². The van der Waals surface area contributed by atoms with Crippen LogP contribution in [0.3, 0.4) is 0 Å². The minimum absolute atomic E-state index is 0.0538. The molecule has 0 aliphatic carbocycles. The first-order valence-corrected chi connectivity index (χ1v) is 4.23. The summed E-state index contributed by atoms with van der Waals surface area (Å²) in [7, 11) is 2.74. The Kier molecular flexibility index (Phi) is 3.79. The monoisotopic (exact) mass is 218 g/mol. The van der Waals surface area contributed by atoms with E-state index in [1.54, 1.807) is 0 Å². The minimum Gasteiger partial charge on any atom is -0.491 e. The van der Waals surface area contributed by atoms with Gasteiger partial charge in [0.05, 0.1) is 14.2 Å². The summed E-state index contributed by atoms with van der Waals surface area (Å²) in [5.41, 5.74) is 5.39. The summed E-state index contributed by atoms with van der Waals surface area (Å²) in [6, 6.07) is 0. The zero-order chi connectivity index (χ0) is 11.4. The molecule has 15 heavy (non-hydrogen) atoms. The van der Waals surface area contributed by atoms with Crippen LogP contribution in [-0.2, 0) is 6.54 Å². The van der Waals surface area contributed by atoms with Gasteiger partial charge in [0.1, 0.15) is 0 Å². The molecule has 0 aliphatic rings. The van der Waals surface area contributed by atoms with Gasteiger partial charge in [-0.1, -0.05) is 0 Å². The molecule has 1 aromatic heterocycles. The van der Waals surface area contributed by atoms with Crippen molar-refractivity contribution in [2.75, 3.05) is 14.2 Å². The van der Waals surface area contributed by atoms with Crippen LogP contribution in [0.15, 0.2) is 6.20 Å². The molecule has 0 amide bonds. The highest BCUT2D eigenvalue weighted by molar-refractivity contribution is 5.46. The van der Waals surface area contributed by atoms with Crippen molar-refractivity contribution in [1.82, 2.24) is 4.98 Å². The van der Waals surface area contributed by atoms with Gasteiger partial charge in [-0.2, -0.15) is 0 Å². The van der Waals surface area contributed by atoms with E-state index in [2.05, 4.69) is 4.98 Å². The number of nitrogens with zero attached hydrogens (tertiary/aromatic N) is 1. The van der Waals surface area contributed by atoms with Crippen molar-refractivity contribution in [2.45, 2.75) is 13.0 Å². The quantitative estimate of drug-likeness (QED) is 0.831. The molecule has 0 unspecified atom stereocenters. The highest BCUT2D eigenvalue weighted by Gasteiger charge is 2.20. The smallest absolute Gasteiger partial charge is 0.265 e. The maximum Gasteiger partial charge on any atom is 0.265 e. The molecule has 84 valence electrons. The number of hydrogen-bond donors (Lipinski definition) is 1. The fourth-order valence-electron chi connectivity index (χ4n) is 1.28. The van der Waals surface area contributed by atoms with E-state index in [1.807, 2.05) is 0 Å². The van der Waals surface area contributed by atoms with E-state index in [0.29, 0.717) is 0 Å². The first-order valence-electron chi connectivity index (χ1n) is 4.23. The van der Waals surface area contributed by atoms with Crippen LogP contribution < -0.4 is 15.2 Å². The number of rotatable bonds is 4. The molecular formula is C9H12F2N2O2. The summed E-state index contributed by atoms with van der Waals surface area (Å²) in [5, 5.41) is 0. The fourth-order valence-corrected chi connectivity index (χ4v) is 1.28. The lowest BCUT2D eigenvalue weighted by molar-refractivity contribution is 0.149. The van der Waals surface area contributed by atoms with E-state index < -0.39 is 6.43 Å². The van der Waals surface area contributed by atoms with Gasteiger partial charge in [0.25, 0.3) is 12.3 Å². The predicted octanol–water partition coefficient (Wildman–Crippen LogP) is 1.50. The maximum atomic E-state index is 12.6. The largest absolute Gasteiger partial charge is 0.491 e.